The number of benzene rings is 3. The Labute approximate surface area is 195 Å². The largest absolute Gasteiger partial charge is 0.462 e. The lowest BCUT2D eigenvalue weighted by Crippen LogP contribution is -2.32. The van der Waals surface area contributed by atoms with Crippen LogP contribution in [0.5, 0.6) is 0 Å². The van der Waals surface area contributed by atoms with Crippen LogP contribution >= 0.6 is 0 Å². The van der Waals surface area contributed by atoms with Crippen molar-refractivity contribution in [3.63, 3.8) is 0 Å². The van der Waals surface area contributed by atoms with Crippen molar-refractivity contribution < 1.29 is 23.1 Å². The van der Waals surface area contributed by atoms with Gasteiger partial charge >= 0.3 is 5.97 Å². The first-order chi connectivity index (χ1) is 15.8. The molecule has 0 fully saturated rings. The second kappa shape index (κ2) is 11.2. The zero-order chi connectivity index (χ0) is 23.8. The van der Waals surface area contributed by atoms with E-state index in [1.165, 1.54) is 24.3 Å². The molecular formula is C26H29NO5S. The van der Waals surface area contributed by atoms with Crippen LogP contribution in [0.2, 0.25) is 0 Å². The molecule has 0 heterocycles. The maximum Gasteiger partial charge on any atom is 0.338 e. The first-order valence-electron chi connectivity index (χ1n) is 10.9. The second-order valence-corrected chi connectivity index (χ2v) is 9.78. The summed E-state index contributed by atoms with van der Waals surface area (Å²) in [5.41, 5.74) is 2.16. The normalized spacial score (nSPS) is 13.3. The fourth-order valence-electron chi connectivity index (χ4n) is 3.46. The molecule has 3 rings (SSSR count). The summed E-state index contributed by atoms with van der Waals surface area (Å²) in [6.45, 7) is 4.42. The van der Waals surface area contributed by atoms with Crippen molar-refractivity contribution in [3.05, 3.63) is 95.6 Å². The molecule has 0 aromatic heterocycles. The van der Waals surface area contributed by atoms with Gasteiger partial charge in [-0.3, -0.25) is 0 Å². The van der Waals surface area contributed by atoms with Crippen molar-refractivity contribution in [1.82, 2.24) is 5.32 Å². The van der Waals surface area contributed by atoms with Crippen LogP contribution < -0.4 is 5.32 Å². The molecule has 0 radical (unpaired) electrons. The number of ether oxygens (including phenoxy) is 1. The van der Waals surface area contributed by atoms with Crippen LogP contribution in [0.15, 0.2) is 88.7 Å². The predicted octanol–water partition coefficient (Wildman–Crippen LogP) is 3.95. The Balaban J connectivity index is 1.60. The average molecular weight is 468 g/mol. The Morgan fingerprint density at radius 3 is 2.09 bits per heavy atom. The molecule has 0 aliphatic heterocycles. The standard InChI is InChI=1S/C26H29NO5S/c1-3-32-26(29)22-11-15-24(16-12-22)33(30,31)23-13-9-20(10-14-23)17-19(2)27-18-25(28)21-7-5-4-6-8-21/h4-16,19,25,27-28H,3,17-18H2,1-2H3/t19-,25-/m1/s1. The van der Waals surface area contributed by atoms with Gasteiger partial charge in [0, 0.05) is 12.6 Å². The van der Waals surface area contributed by atoms with Crippen LogP contribution in [-0.4, -0.2) is 38.7 Å². The van der Waals surface area contributed by atoms with Gasteiger partial charge in [-0.05, 0) is 67.8 Å². The van der Waals surface area contributed by atoms with E-state index >= 15 is 0 Å². The summed E-state index contributed by atoms with van der Waals surface area (Å²) in [4.78, 5) is 12.1. The fraction of sp³-hybridized carbons (Fsp3) is 0.269. The third-order valence-electron chi connectivity index (χ3n) is 5.30. The summed E-state index contributed by atoms with van der Waals surface area (Å²) in [6, 6.07) is 22.1. The number of aliphatic hydroxyl groups is 1. The molecule has 0 saturated carbocycles. The van der Waals surface area contributed by atoms with E-state index in [0.717, 1.165) is 11.1 Å². The van der Waals surface area contributed by atoms with Gasteiger partial charge in [0.1, 0.15) is 0 Å². The number of carbonyl (C=O) groups is 1. The Morgan fingerprint density at radius 2 is 1.52 bits per heavy atom. The summed E-state index contributed by atoms with van der Waals surface area (Å²) in [7, 11) is -3.69. The van der Waals surface area contributed by atoms with Crippen LogP contribution in [0.3, 0.4) is 0 Å². The number of hydrogen-bond donors (Lipinski definition) is 2. The number of nitrogens with one attached hydrogen (secondary N) is 1. The fourth-order valence-corrected chi connectivity index (χ4v) is 4.72. The highest BCUT2D eigenvalue weighted by Gasteiger charge is 2.19. The van der Waals surface area contributed by atoms with E-state index in [1.54, 1.807) is 31.2 Å². The van der Waals surface area contributed by atoms with Gasteiger partial charge in [0.05, 0.1) is 28.1 Å². The highest BCUT2D eigenvalue weighted by atomic mass is 32.2. The summed E-state index contributed by atoms with van der Waals surface area (Å²) >= 11 is 0. The summed E-state index contributed by atoms with van der Waals surface area (Å²) in [5.74, 6) is -0.482. The molecule has 0 unspecified atom stereocenters. The van der Waals surface area contributed by atoms with Crippen LogP contribution in [0.1, 0.15) is 41.4 Å². The molecule has 33 heavy (non-hydrogen) atoms. The number of rotatable bonds is 10. The summed E-state index contributed by atoms with van der Waals surface area (Å²) < 4.78 is 30.8. The molecule has 0 amide bonds. The van der Waals surface area contributed by atoms with E-state index < -0.39 is 21.9 Å². The van der Waals surface area contributed by atoms with Crippen LogP contribution in [-0.2, 0) is 21.0 Å². The Hall–Kier alpha value is -3.00. The molecule has 2 N–H and O–H groups in total. The zero-order valence-corrected chi connectivity index (χ0v) is 19.6. The first-order valence-corrected chi connectivity index (χ1v) is 12.4. The third kappa shape index (κ3) is 6.51. The van der Waals surface area contributed by atoms with Gasteiger partial charge in [0.15, 0.2) is 0 Å². The zero-order valence-electron chi connectivity index (χ0n) is 18.8. The second-order valence-electron chi connectivity index (χ2n) is 7.83. The number of carbonyl (C=O) groups excluding carboxylic acids is 1. The number of aliphatic hydroxyl groups excluding tert-OH is 1. The quantitative estimate of drug-likeness (QED) is 0.439. The highest BCUT2D eigenvalue weighted by molar-refractivity contribution is 7.91. The Kier molecular flexibility index (Phi) is 8.38. The molecule has 2 atom stereocenters. The van der Waals surface area contributed by atoms with E-state index in [1.807, 2.05) is 37.3 Å². The van der Waals surface area contributed by atoms with E-state index in [4.69, 9.17) is 4.74 Å². The highest BCUT2D eigenvalue weighted by Crippen LogP contribution is 2.22. The van der Waals surface area contributed by atoms with Crippen molar-refractivity contribution in [2.75, 3.05) is 13.2 Å². The molecule has 0 bridgehead atoms. The van der Waals surface area contributed by atoms with E-state index in [0.29, 0.717) is 18.5 Å². The van der Waals surface area contributed by atoms with Crippen molar-refractivity contribution in [1.29, 1.82) is 0 Å². The number of esters is 1. The smallest absolute Gasteiger partial charge is 0.338 e. The van der Waals surface area contributed by atoms with Gasteiger partial charge in [-0.25, -0.2) is 13.2 Å². The van der Waals surface area contributed by atoms with Crippen LogP contribution in [0, 0.1) is 0 Å². The molecule has 174 valence electrons. The molecule has 3 aromatic rings. The molecule has 0 aliphatic rings. The summed E-state index contributed by atoms with van der Waals surface area (Å²) in [5, 5.41) is 13.6. The lowest BCUT2D eigenvalue weighted by Gasteiger charge is -2.17. The van der Waals surface area contributed by atoms with Crippen molar-refractivity contribution in [3.8, 4) is 0 Å². The lowest BCUT2D eigenvalue weighted by molar-refractivity contribution is 0.0526. The van der Waals surface area contributed by atoms with Crippen molar-refractivity contribution in [2.24, 2.45) is 0 Å². The summed E-state index contributed by atoms with van der Waals surface area (Å²) in [6.07, 6.45) is 0.104. The first kappa shape index (κ1) is 24.6. The van der Waals surface area contributed by atoms with Gasteiger partial charge in [-0.2, -0.15) is 0 Å². The van der Waals surface area contributed by atoms with Crippen molar-refractivity contribution in [2.45, 2.75) is 42.2 Å². The molecule has 0 saturated heterocycles. The van der Waals surface area contributed by atoms with Gasteiger partial charge in [-0.1, -0.05) is 42.5 Å². The Bertz CT molecular complexity index is 1140. The van der Waals surface area contributed by atoms with Crippen LogP contribution in [0.25, 0.3) is 0 Å². The minimum absolute atomic E-state index is 0.0984. The van der Waals surface area contributed by atoms with Crippen LogP contribution in [0.4, 0.5) is 0 Å². The van der Waals surface area contributed by atoms with Crippen molar-refractivity contribution >= 4 is 15.8 Å². The van der Waals surface area contributed by atoms with E-state index in [9.17, 15) is 18.3 Å². The Morgan fingerprint density at radius 1 is 0.939 bits per heavy atom. The minimum atomic E-state index is -3.69. The molecule has 0 aliphatic carbocycles. The predicted molar refractivity (Wildman–Crippen MR) is 127 cm³/mol. The van der Waals surface area contributed by atoms with Gasteiger partial charge in [0.2, 0.25) is 9.84 Å². The van der Waals surface area contributed by atoms with E-state index in [2.05, 4.69) is 5.32 Å². The SMILES string of the molecule is CCOC(=O)c1ccc(S(=O)(=O)c2ccc(C[C@@H](C)NC[C@@H](O)c3ccccc3)cc2)cc1. The molecule has 3 aromatic carbocycles. The maximum absolute atomic E-state index is 12.9. The molecular weight excluding hydrogens is 438 g/mol. The number of sulfone groups is 1. The minimum Gasteiger partial charge on any atom is -0.462 e. The molecule has 7 heteroatoms. The average Bonchev–Trinajstić information content (AvgIpc) is 2.83. The van der Waals surface area contributed by atoms with E-state index in [-0.39, 0.29) is 22.4 Å². The lowest BCUT2D eigenvalue weighted by atomic mass is 10.1. The topological polar surface area (TPSA) is 92.7 Å². The monoisotopic (exact) mass is 467 g/mol. The number of hydrogen-bond acceptors (Lipinski definition) is 6. The maximum atomic E-state index is 12.9. The van der Waals surface area contributed by atoms with Gasteiger partial charge in [-0.15, -0.1) is 0 Å². The van der Waals surface area contributed by atoms with Gasteiger partial charge < -0.3 is 15.2 Å². The van der Waals surface area contributed by atoms with Gasteiger partial charge in [0.25, 0.3) is 0 Å². The molecule has 0 spiro atoms. The third-order valence-corrected chi connectivity index (χ3v) is 7.08. The molecule has 6 nitrogen and oxygen atoms in total.